The second-order valence-electron chi connectivity index (χ2n) is 5.82. The molecule has 1 fully saturated rings. The zero-order valence-corrected chi connectivity index (χ0v) is 14.6. The highest BCUT2D eigenvalue weighted by molar-refractivity contribution is 6.30. The molecule has 25 heavy (non-hydrogen) atoms. The van der Waals surface area contributed by atoms with Gasteiger partial charge in [-0.3, -0.25) is 9.59 Å². The fraction of sp³-hybridized carbons (Fsp3) is 0.263. The van der Waals surface area contributed by atoms with Crippen LogP contribution in [-0.4, -0.2) is 31.0 Å². The average Bonchev–Trinajstić information content (AvgIpc) is 2.96. The van der Waals surface area contributed by atoms with Crippen molar-refractivity contribution in [2.45, 2.75) is 19.4 Å². The summed E-state index contributed by atoms with van der Waals surface area (Å²) in [5.41, 5.74) is 1.28. The lowest BCUT2D eigenvalue weighted by Crippen LogP contribution is -2.37. The summed E-state index contributed by atoms with van der Waals surface area (Å²) in [5.74, 6) is 0.526. The molecular weight excluding hydrogens is 340 g/mol. The number of carbonyl (C=O) groups is 2. The first-order valence-electron chi connectivity index (χ1n) is 8.16. The number of rotatable bonds is 5. The predicted molar refractivity (Wildman–Crippen MR) is 97.3 cm³/mol. The van der Waals surface area contributed by atoms with E-state index in [-0.39, 0.29) is 24.3 Å². The Morgan fingerprint density at radius 2 is 2.04 bits per heavy atom. The standard InChI is InChI=1S/C19H19ClN2O3/c1-2-25-17-8-6-16(7-9-17)22-12-15(11-18(22)23)21-19(24)13-4-3-5-14(20)10-13/h3-10,15H,2,11-12H2,1H3,(H,21,24). The molecule has 1 unspecified atom stereocenters. The zero-order valence-electron chi connectivity index (χ0n) is 13.9. The summed E-state index contributed by atoms with van der Waals surface area (Å²) < 4.78 is 5.41. The van der Waals surface area contributed by atoms with E-state index in [1.807, 2.05) is 31.2 Å². The van der Waals surface area contributed by atoms with Gasteiger partial charge < -0.3 is 15.0 Å². The van der Waals surface area contributed by atoms with Crippen molar-refractivity contribution in [1.82, 2.24) is 5.32 Å². The van der Waals surface area contributed by atoms with Gasteiger partial charge >= 0.3 is 0 Å². The molecule has 1 heterocycles. The Morgan fingerprint density at radius 3 is 2.72 bits per heavy atom. The van der Waals surface area contributed by atoms with Crippen molar-refractivity contribution in [2.75, 3.05) is 18.1 Å². The Morgan fingerprint density at radius 1 is 1.28 bits per heavy atom. The monoisotopic (exact) mass is 358 g/mol. The van der Waals surface area contributed by atoms with E-state index in [1.54, 1.807) is 29.2 Å². The second-order valence-corrected chi connectivity index (χ2v) is 6.25. The summed E-state index contributed by atoms with van der Waals surface area (Å²) in [6.45, 7) is 2.96. The largest absolute Gasteiger partial charge is 0.494 e. The summed E-state index contributed by atoms with van der Waals surface area (Å²) in [6, 6.07) is 13.9. The fourth-order valence-corrected chi connectivity index (χ4v) is 3.03. The molecule has 5 nitrogen and oxygen atoms in total. The van der Waals surface area contributed by atoms with Gasteiger partial charge in [-0.1, -0.05) is 17.7 Å². The molecule has 6 heteroatoms. The molecule has 0 bridgehead atoms. The van der Waals surface area contributed by atoms with E-state index in [0.717, 1.165) is 11.4 Å². The lowest BCUT2D eigenvalue weighted by molar-refractivity contribution is -0.117. The maximum Gasteiger partial charge on any atom is 0.251 e. The first-order chi connectivity index (χ1) is 12.1. The van der Waals surface area contributed by atoms with Crippen LogP contribution in [0.1, 0.15) is 23.7 Å². The Labute approximate surface area is 151 Å². The number of halogens is 1. The quantitative estimate of drug-likeness (QED) is 0.892. The van der Waals surface area contributed by atoms with Gasteiger partial charge in [0.15, 0.2) is 0 Å². The summed E-state index contributed by atoms with van der Waals surface area (Å²) in [5, 5.41) is 3.41. The number of hydrogen-bond donors (Lipinski definition) is 1. The van der Waals surface area contributed by atoms with Crippen molar-refractivity contribution in [2.24, 2.45) is 0 Å². The van der Waals surface area contributed by atoms with E-state index < -0.39 is 0 Å². The fourth-order valence-electron chi connectivity index (χ4n) is 2.84. The normalized spacial score (nSPS) is 16.8. The summed E-state index contributed by atoms with van der Waals surface area (Å²) in [4.78, 5) is 26.3. The van der Waals surface area contributed by atoms with Crippen LogP contribution < -0.4 is 15.0 Å². The molecule has 0 aliphatic carbocycles. The maximum absolute atomic E-state index is 12.3. The van der Waals surface area contributed by atoms with Crippen LogP contribution >= 0.6 is 11.6 Å². The van der Waals surface area contributed by atoms with E-state index in [1.165, 1.54) is 0 Å². The van der Waals surface area contributed by atoms with Crippen LogP contribution in [0.3, 0.4) is 0 Å². The first-order valence-corrected chi connectivity index (χ1v) is 8.54. The van der Waals surface area contributed by atoms with Gasteiger partial charge in [0.05, 0.1) is 12.6 Å². The van der Waals surface area contributed by atoms with Crippen LogP contribution in [0.25, 0.3) is 0 Å². The van der Waals surface area contributed by atoms with Gasteiger partial charge in [0.2, 0.25) is 5.91 Å². The number of ether oxygens (including phenoxy) is 1. The van der Waals surface area contributed by atoms with E-state index in [4.69, 9.17) is 16.3 Å². The Bertz CT molecular complexity index is 776. The molecule has 1 aliphatic heterocycles. The number of carbonyl (C=O) groups excluding carboxylic acids is 2. The minimum absolute atomic E-state index is 0.0134. The van der Waals surface area contributed by atoms with Gasteiger partial charge in [0.25, 0.3) is 5.91 Å². The van der Waals surface area contributed by atoms with Gasteiger partial charge in [-0.05, 0) is 49.4 Å². The third kappa shape index (κ3) is 4.12. The molecule has 0 aromatic heterocycles. The molecule has 130 valence electrons. The third-order valence-corrected chi connectivity index (χ3v) is 4.24. The molecule has 2 aromatic rings. The summed E-state index contributed by atoms with van der Waals surface area (Å²) >= 11 is 5.91. The van der Waals surface area contributed by atoms with E-state index in [9.17, 15) is 9.59 Å². The minimum Gasteiger partial charge on any atom is -0.494 e. The lowest BCUT2D eigenvalue weighted by Gasteiger charge is -2.17. The molecule has 2 aromatic carbocycles. The van der Waals surface area contributed by atoms with Crippen molar-refractivity contribution in [3.63, 3.8) is 0 Å². The van der Waals surface area contributed by atoms with Crippen LogP contribution in [0.15, 0.2) is 48.5 Å². The molecule has 1 aliphatic rings. The van der Waals surface area contributed by atoms with E-state index >= 15 is 0 Å². The Hall–Kier alpha value is -2.53. The van der Waals surface area contributed by atoms with Crippen LogP contribution in [0, 0.1) is 0 Å². The molecule has 0 saturated carbocycles. The van der Waals surface area contributed by atoms with Crippen molar-refractivity contribution in [3.05, 3.63) is 59.1 Å². The van der Waals surface area contributed by atoms with Gasteiger partial charge in [-0.25, -0.2) is 0 Å². The predicted octanol–water partition coefficient (Wildman–Crippen LogP) is 3.27. The highest BCUT2D eigenvalue weighted by Crippen LogP contribution is 2.24. The smallest absolute Gasteiger partial charge is 0.251 e. The van der Waals surface area contributed by atoms with Crippen molar-refractivity contribution in [3.8, 4) is 5.75 Å². The van der Waals surface area contributed by atoms with Gasteiger partial charge in [-0.15, -0.1) is 0 Å². The van der Waals surface area contributed by atoms with Crippen molar-refractivity contribution < 1.29 is 14.3 Å². The lowest BCUT2D eigenvalue weighted by atomic mass is 10.2. The molecular formula is C19H19ClN2O3. The van der Waals surface area contributed by atoms with Gasteiger partial charge in [-0.2, -0.15) is 0 Å². The molecule has 1 saturated heterocycles. The Balaban J connectivity index is 1.65. The number of nitrogens with zero attached hydrogens (tertiary/aromatic N) is 1. The highest BCUT2D eigenvalue weighted by atomic mass is 35.5. The topological polar surface area (TPSA) is 58.6 Å². The molecule has 0 spiro atoms. The van der Waals surface area contributed by atoms with E-state index in [0.29, 0.717) is 23.7 Å². The highest BCUT2D eigenvalue weighted by Gasteiger charge is 2.31. The molecule has 2 amide bonds. The number of hydrogen-bond acceptors (Lipinski definition) is 3. The second kappa shape index (κ2) is 7.57. The zero-order chi connectivity index (χ0) is 17.8. The number of nitrogens with one attached hydrogen (secondary N) is 1. The number of benzene rings is 2. The van der Waals surface area contributed by atoms with Crippen LogP contribution in [0.2, 0.25) is 5.02 Å². The minimum atomic E-state index is -0.231. The molecule has 0 radical (unpaired) electrons. The Kier molecular flexibility index (Phi) is 5.24. The van der Waals surface area contributed by atoms with Gasteiger partial charge in [0, 0.05) is 29.2 Å². The van der Waals surface area contributed by atoms with Crippen LogP contribution in [0.4, 0.5) is 5.69 Å². The number of amides is 2. The molecule has 1 atom stereocenters. The maximum atomic E-state index is 12.3. The van der Waals surface area contributed by atoms with E-state index in [2.05, 4.69) is 5.32 Å². The summed E-state index contributed by atoms with van der Waals surface area (Å²) in [6.07, 6.45) is 0.277. The molecule has 3 rings (SSSR count). The molecule has 1 N–H and O–H groups in total. The van der Waals surface area contributed by atoms with Crippen LogP contribution in [0.5, 0.6) is 5.75 Å². The SMILES string of the molecule is CCOc1ccc(N2CC(NC(=O)c3cccc(Cl)c3)CC2=O)cc1. The number of anilines is 1. The van der Waals surface area contributed by atoms with Gasteiger partial charge in [0.1, 0.15) is 5.75 Å². The van der Waals surface area contributed by atoms with Crippen molar-refractivity contribution in [1.29, 1.82) is 0 Å². The summed E-state index contributed by atoms with van der Waals surface area (Å²) in [7, 11) is 0. The van der Waals surface area contributed by atoms with Crippen LogP contribution in [-0.2, 0) is 4.79 Å². The first kappa shape index (κ1) is 17.3. The van der Waals surface area contributed by atoms with Crippen molar-refractivity contribution >= 4 is 29.1 Å². The average molecular weight is 359 g/mol. The third-order valence-electron chi connectivity index (χ3n) is 4.01.